The highest BCUT2D eigenvalue weighted by atomic mass is 32.2. The van der Waals surface area contributed by atoms with E-state index < -0.39 is 0 Å². The number of carbonyl (C=O) groups is 1. The molecular formula is C9H15NOS. The molecule has 0 aromatic heterocycles. The molecule has 1 unspecified atom stereocenters. The van der Waals surface area contributed by atoms with Crippen LogP contribution in [0.25, 0.3) is 0 Å². The number of amides is 1. The normalized spacial score (nSPS) is 29.4. The fraction of sp³-hybridized carbons (Fsp3) is 0.889. The Morgan fingerprint density at radius 3 is 2.83 bits per heavy atom. The first-order valence-corrected chi connectivity index (χ1v) is 5.73. The molecule has 2 rings (SSSR count). The maximum absolute atomic E-state index is 11.6. The van der Waals surface area contributed by atoms with E-state index in [9.17, 15) is 4.79 Å². The summed E-state index contributed by atoms with van der Waals surface area (Å²) in [6.07, 6.45) is 3.37. The van der Waals surface area contributed by atoms with E-state index in [2.05, 4.69) is 6.92 Å². The summed E-state index contributed by atoms with van der Waals surface area (Å²) in [6.45, 7) is 3.10. The van der Waals surface area contributed by atoms with Crippen molar-refractivity contribution in [3.05, 3.63) is 0 Å². The first-order valence-electron chi connectivity index (χ1n) is 4.68. The van der Waals surface area contributed by atoms with Crippen molar-refractivity contribution in [3.8, 4) is 0 Å². The molecule has 1 aliphatic carbocycles. The van der Waals surface area contributed by atoms with E-state index in [0.29, 0.717) is 11.3 Å². The van der Waals surface area contributed by atoms with Gasteiger partial charge in [-0.2, -0.15) is 0 Å². The van der Waals surface area contributed by atoms with E-state index in [4.69, 9.17) is 0 Å². The summed E-state index contributed by atoms with van der Waals surface area (Å²) in [7, 11) is 0. The Bertz CT molecular complexity index is 191. The van der Waals surface area contributed by atoms with Gasteiger partial charge >= 0.3 is 0 Å². The molecule has 0 N–H and O–H groups in total. The maximum atomic E-state index is 11.6. The van der Waals surface area contributed by atoms with Gasteiger partial charge in [0.25, 0.3) is 0 Å². The smallest absolute Gasteiger partial charge is 0.223 e. The molecule has 2 aliphatic rings. The number of nitrogens with zero attached hydrogens (tertiary/aromatic N) is 1. The van der Waals surface area contributed by atoms with Gasteiger partial charge in [0.05, 0.1) is 5.37 Å². The summed E-state index contributed by atoms with van der Waals surface area (Å²) in [4.78, 5) is 13.6. The van der Waals surface area contributed by atoms with Crippen LogP contribution >= 0.6 is 11.8 Å². The third kappa shape index (κ3) is 1.76. The van der Waals surface area contributed by atoms with Crippen molar-refractivity contribution in [1.29, 1.82) is 0 Å². The van der Waals surface area contributed by atoms with Crippen molar-refractivity contribution in [3.63, 3.8) is 0 Å². The third-order valence-electron chi connectivity index (χ3n) is 2.61. The van der Waals surface area contributed by atoms with Gasteiger partial charge < -0.3 is 4.90 Å². The highest BCUT2D eigenvalue weighted by Crippen LogP contribution is 2.34. The Labute approximate surface area is 77.7 Å². The highest BCUT2D eigenvalue weighted by Gasteiger charge is 2.30. The van der Waals surface area contributed by atoms with Crippen LogP contribution in [-0.2, 0) is 4.79 Å². The summed E-state index contributed by atoms with van der Waals surface area (Å²) in [5.74, 6) is 2.24. The number of hydrogen-bond donors (Lipinski definition) is 0. The topological polar surface area (TPSA) is 20.3 Å². The molecule has 1 atom stereocenters. The van der Waals surface area contributed by atoms with Crippen molar-refractivity contribution in [1.82, 2.24) is 4.90 Å². The average Bonchev–Trinajstić information content (AvgIpc) is 2.72. The highest BCUT2D eigenvalue weighted by molar-refractivity contribution is 8.00. The predicted octanol–water partition coefficient (Wildman–Crippen LogP) is 1.71. The summed E-state index contributed by atoms with van der Waals surface area (Å²) in [5.41, 5.74) is 0. The molecule has 0 aromatic rings. The molecule has 0 radical (unpaired) electrons. The maximum Gasteiger partial charge on any atom is 0.223 e. The Balaban J connectivity index is 1.84. The molecule has 3 heteroatoms. The van der Waals surface area contributed by atoms with Crippen molar-refractivity contribution in [2.24, 2.45) is 5.92 Å². The van der Waals surface area contributed by atoms with Crippen LogP contribution in [-0.4, -0.2) is 28.5 Å². The quantitative estimate of drug-likeness (QED) is 0.652. The number of rotatable bonds is 2. The molecule has 1 saturated carbocycles. The second kappa shape index (κ2) is 3.29. The third-order valence-corrected chi connectivity index (χ3v) is 3.77. The Hall–Kier alpha value is -0.180. The fourth-order valence-electron chi connectivity index (χ4n) is 1.61. The molecule has 12 heavy (non-hydrogen) atoms. The zero-order valence-electron chi connectivity index (χ0n) is 7.45. The van der Waals surface area contributed by atoms with Crippen LogP contribution in [0.5, 0.6) is 0 Å². The van der Waals surface area contributed by atoms with Crippen LogP contribution in [0.15, 0.2) is 0 Å². The molecule has 68 valence electrons. The van der Waals surface area contributed by atoms with Crippen LogP contribution in [0.3, 0.4) is 0 Å². The Kier molecular flexibility index (Phi) is 2.31. The van der Waals surface area contributed by atoms with E-state index in [1.165, 1.54) is 12.8 Å². The summed E-state index contributed by atoms with van der Waals surface area (Å²) >= 11 is 1.89. The van der Waals surface area contributed by atoms with Gasteiger partial charge in [-0.1, -0.05) is 0 Å². The lowest BCUT2D eigenvalue weighted by atomic mass is 10.2. The molecule has 1 amide bonds. The zero-order chi connectivity index (χ0) is 8.55. The van der Waals surface area contributed by atoms with Crippen LogP contribution in [0.4, 0.5) is 0 Å². The molecule has 1 heterocycles. The van der Waals surface area contributed by atoms with E-state index in [-0.39, 0.29) is 0 Å². The van der Waals surface area contributed by atoms with E-state index in [1.807, 2.05) is 16.7 Å². The number of thioether (sulfide) groups is 1. The van der Waals surface area contributed by atoms with Crippen molar-refractivity contribution < 1.29 is 4.79 Å². The lowest BCUT2D eigenvalue weighted by Crippen LogP contribution is -2.33. The van der Waals surface area contributed by atoms with Crippen molar-refractivity contribution >= 4 is 17.7 Å². The molecule has 0 spiro atoms. The average molecular weight is 185 g/mol. The number of carbonyl (C=O) groups excluding carboxylic acids is 1. The molecular weight excluding hydrogens is 170 g/mol. The van der Waals surface area contributed by atoms with Gasteiger partial charge in [-0.15, -0.1) is 11.8 Å². The molecule has 2 fully saturated rings. The van der Waals surface area contributed by atoms with Gasteiger partial charge in [-0.3, -0.25) is 4.79 Å². The van der Waals surface area contributed by atoms with Crippen LogP contribution in [0.1, 0.15) is 26.2 Å². The Morgan fingerprint density at radius 1 is 1.58 bits per heavy atom. The van der Waals surface area contributed by atoms with Gasteiger partial charge in [-0.05, 0) is 25.7 Å². The fourth-order valence-corrected chi connectivity index (χ4v) is 2.65. The molecule has 0 aromatic carbocycles. The lowest BCUT2D eigenvalue weighted by molar-refractivity contribution is -0.131. The predicted molar refractivity (Wildman–Crippen MR) is 51.0 cm³/mol. The summed E-state index contributed by atoms with van der Waals surface area (Å²) < 4.78 is 0. The second-order valence-corrected chi connectivity index (χ2v) is 5.13. The van der Waals surface area contributed by atoms with E-state index in [1.54, 1.807) is 0 Å². The second-order valence-electron chi connectivity index (χ2n) is 3.70. The van der Waals surface area contributed by atoms with Crippen molar-refractivity contribution in [2.75, 3.05) is 12.3 Å². The van der Waals surface area contributed by atoms with Crippen LogP contribution in [0, 0.1) is 5.92 Å². The zero-order valence-corrected chi connectivity index (χ0v) is 8.27. The van der Waals surface area contributed by atoms with Crippen LogP contribution in [0.2, 0.25) is 0 Å². The molecule has 0 bridgehead atoms. The Morgan fingerprint density at radius 2 is 2.33 bits per heavy atom. The van der Waals surface area contributed by atoms with Crippen molar-refractivity contribution in [2.45, 2.75) is 31.6 Å². The molecule has 2 nitrogen and oxygen atoms in total. The standard InChI is InChI=1S/C9H15NOS/c1-7-10(4-5-12-7)9(11)6-8-2-3-8/h7-8H,2-6H2,1H3. The minimum absolute atomic E-state index is 0.384. The minimum Gasteiger partial charge on any atom is -0.330 e. The van der Waals surface area contributed by atoms with Gasteiger partial charge in [0.2, 0.25) is 5.91 Å². The lowest BCUT2D eigenvalue weighted by Gasteiger charge is -2.20. The summed E-state index contributed by atoms with van der Waals surface area (Å²) in [6, 6.07) is 0. The molecule has 1 saturated heterocycles. The molecule has 1 aliphatic heterocycles. The SMILES string of the molecule is CC1SCCN1C(=O)CC1CC1. The first-order chi connectivity index (χ1) is 5.77. The first kappa shape index (κ1) is 8.42. The minimum atomic E-state index is 0.384. The monoisotopic (exact) mass is 185 g/mol. The summed E-state index contributed by atoms with van der Waals surface area (Å²) in [5, 5.41) is 0.427. The largest absolute Gasteiger partial charge is 0.330 e. The van der Waals surface area contributed by atoms with Gasteiger partial charge in [0.15, 0.2) is 0 Å². The van der Waals surface area contributed by atoms with E-state index >= 15 is 0 Å². The van der Waals surface area contributed by atoms with E-state index in [0.717, 1.165) is 24.6 Å². The van der Waals surface area contributed by atoms with Gasteiger partial charge in [0.1, 0.15) is 0 Å². The van der Waals surface area contributed by atoms with Gasteiger partial charge in [-0.25, -0.2) is 0 Å². The van der Waals surface area contributed by atoms with Crippen LogP contribution < -0.4 is 0 Å². The number of hydrogen-bond acceptors (Lipinski definition) is 2. The van der Waals surface area contributed by atoms with Gasteiger partial charge in [0, 0.05) is 18.7 Å².